The van der Waals surface area contributed by atoms with Crippen LogP contribution in [0.15, 0.2) is 42.5 Å². The number of carbonyl (C=O) groups excluding carboxylic acids is 2. The second-order valence-electron chi connectivity index (χ2n) is 6.75. The van der Waals surface area contributed by atoms with E-state index < -0.39 is 0 Å². The molecule has 0 atom stereocenters. The van der Waals surface area contributed by atoms with Gasteiger partial charge in [-0.1, -0.05) is 18.2 Å². The van der Waals surface area contributed by atoms with Gasteiger partial charge in [0.25, 0.3) is 11.8 Å². The third kappa shape index (κ3) is 6.75. The van der Waals surface area contributed by atoms with E-state index in [9.17, 15) is 9.59 Å². The third-order valence-electron chi connectivity index (χ3n) is 3.96. The number of amides is 2. The average molecular weight is 369 g/mol. The lowest BCUT2D eigenvalue weighted by Crippen LogP contribution is -2.31. The Hall–Kier alpha value is -2.86. The van der Waals surface area contributed by atoms with Crippen LogP contribution in [0, 0.1) is 13.8 Å². The van der Waals surface area contributed by atoms with Crippen LogP contribution in [0.3, 0.4) is 0 Å². The summed E-state index contributed by atoms with van der Waals surface area (Å²) >= 11 is 0. The minimum atomic E-state index is -0.277. The van der Waals surface area contributed by atoms with Gasteiger partial charge in [-0.3, -0.25) is 9.59 Å². The summed E-state index contributed by atoms with van der Waals surface area (Å²) in [5, 5.41) is 5.61. The number of nitrogens with one attached hydrogen (secondary N) is 2. The predicted molar refractivity (Wildman–Crippen MR) is 107 cm³/mol. The van der Waals surface area contributed by atoms with E-state index in [0.717, 1.165) is 17.7 Å². The molecule has 27 heavy (non-hydrogen) atoms. The van der Waals surface area contributed by atoms with Crippen molar-refractivity contribution in [1.82, 2.24) is 10.2 Å². The molecule has 2 rings (SSSR count). The zero-order valence-corrected chi connectivity index (χ0v) is 16.3. The SMILES string of the molecule is Cc1ccc(C)c(OCC(=O)Nc2cccc(C(=O)NCCN(C)C)c2)c1. The van der Waals surface area contributed by atoms with E-state index in [4.69, 9.17) is 4.74 Å². The molecule has 0 saturated carbocycles. The van der Waals surface area contributed by atoms with Gasteiger partial charge < -0.3 is 20.3 Å². The first-order valence-corrected chi connectivity index (χ1v) is 8.88. The number of likely N-dealkylation sites (N-methyl/N-ethyl adjacent to an activating group) is 1. The summed E-state index contributed by atoms with van der Waals surface area (Å²) in [6.45, 7) is 5.14. The van der Waals surface area contributed by atoms with Crippen molar-refractivity contribution in [2.45, 2.75) is 13.8 Å². The fourth-order valence-electron chi connectivity index (χ4n) is 2.44. The van der Waals surface area contributed by atoms with E-state index in [-0.39, 0.29) is 18.4 Å². The smallest absolute Gasteiger partial charge is 0.262 e. The Kier molecular flexibility index (Phi) is 7.37. The molecule has 0 aliphatic carbocycles. The molecule has 2 N–H and O–H groups in total. The van der Waals surface area contributed by atoms with E-state index in [2.05, 4.69) is 10.6 Å². The Morgan fingerprint density at radius 3 is 2.59 bits per heavy atom. The highest BCUT2D eigenvalue weighted by atomic mass is 16.5. The molecule has 0 radical (unpaired) electrons. The lowest BCUT2D eigenvalue weighted by molar-refractivity contribution is -0.118. The van der Waals surface area contributed by atoms with Gasteiger partial charge in [0.15, 0.2) is 6.61 Å². The van der Waals surface area contributed by atoms with Gasteiger partial charge in [-0.05, 0) is 63.3 Å². The summed E-state index contributed by atoms with van der Waals surface area (Å²) in [4.78, 5) is 26.3. The van der Waals surface area contributed by atoms with Crippen molar-refractivity contribution in [3.8, 4) is 5.75 Å². The van der Waals surface area contributed by atoms with Crippen LogP contribution in [-0.2, 0) is 4.79 Å². The normalized spacial score (nSPS) is 10.6. The highest BCUT2D eigenvalue weighted by Gasteiger charge is 2.09. The van der Waals surface area contributed by atoms with E-state index in [1.165, 1.54) is 0 Å². The Labute approximate surface area is 160 Å². The summed E-state index contributed by atoms with van der Waals surface area (Å²) in [5.74, 6) is 0.250. The van der Waals surface area contributed by atoms with Gasteiger partial charge >= 0.3 is 0 Å². The standard InChI is InChI=1S/C21H27N3O3/c1-15-8-9-16(2)19(12-15)27-14-20(25)23-18-7-5-6-17(13-18)21(26)22-10-11-24(3)4/h5-9,12-13H,10-11,14H2,1-4H3,(H,22,26)(H,23,25). The molecule has 0 heterocycles. The van der Waals surface area contributed by atoms with Crippen LogP contribution in [0.25, 0.3) is 0 Å². The van der Waals surface area contributed by atoms with E-state index in [1.54, 1.807) is 24.3 Å². The van der Waals surface area contributed by atoms with E-state index >= 15 is 0 Å². The van der Waals surface area contributed by atoms with Crippen molar-refractivity contribution >= 4 is 17.5 Å². The molecule has 2 aromatic rings. The Balaban J connectivity index is 1.90. The average Bonchev–Trinajstić information content (AvgIpc) is 2.62. The minimum absolute atomic E-state index is 0.0937. The molecular weight excluding hydrogens is 342 g/mol. The van der Waals surface area contributed by atoms with Crippen LogP contribution >= 0.6 is 0 Å². The minimum Gasteiger partial charge on any atom is -0.483 e. The summed E-state index contributed by atoms with van der Waals surface area (Å²) in [6, 6.07) is 12.7. The van der Waals surface area contributed by atoms with Crippen molar-refractivity contribution < 1.29 is 14.3 Å². The first-order valence-electron chi connectivity index (χ1n) is 8.88. The molecule has 2 amide bonds. The van der Waals surface area contributed by atoms with Crippen molar-refractivity contribution in [2.24, 2.45) is 0 Å². The Morgan fingerprint density at radius 2 is 1.85 bits per heavy atom. The topological polar surface area (TPSA) is 70.7 Å². The molecule has 144 valence electrons. The molecule has 6 nitrogen and oxygen atoms in total. The molecule has 0 aliphatic rings. The van der Waals surface area contributed by atoms with Gasteiger partial charge in [0, 0.05) is 24.3 Å². The summed E-state index contributed by atoms with van der Waals surface area (Å²) < 4.78 is 5.61. The third-order valence-corrected chi connectivity index (χ3v) is 3.96. The molecule has 0 aliphatic heterocycles. The number of aryl methyl sites for hydroxylation is 2. The van der Waals surface area contributed by atoms with Crippen LogP contribution in [0.4, 0.5) is 5.69 Å². The lowest BCUT2D eigenvalue weighted by Gasteiger charge is -2.12. The molecule has 0 spiro atoms. The Bertz CT molecular complexity index is 803. The fourth-order valence-corrected chi connectivity index (χ4v) is 2.44. The monoisotopic (exact) mass is 369 g/mol. The second-order valence-corrected chi connectivity index (χ2v) is 6.75. The van der Waals surface area contributed by atoms with Gasteiger partial charge in [0.2, 0.25) is 0 Å². The maximum absolute atomic E-state index is 12.2. The molecular formula is C21H27N3O3. The number of nitrogens with zero attached hydrogens (tertiary/aromatic N) is 1. The summed E-state index contributed by atoms with van der Waals surface area (Å²) in [5.41, 5.74) is 3.11. The summed E-state index contributed by atoms with van der Waals surface area (Å²) in [6.07, 6.45) is 0. The summed E-state index contributed by atoms with van der Waals surface area (Å²) in [7, 11) is 3.89. The van der Waals surface area contributed by atoms with Crippen LogP contribution in [0.5, 0.6) is 5.75 Å². The maximum atomic E-state index is 12.2. The van der Waals surface area contributed by atoms with Crippen molar-refractivity contribution in [2.75, 3.05) is 39.1 Å². The molecule has 0 aromatic heterocycles. The van der Waals surface area contributed by atoms with Crippen LogP contribution in [0.1, 0.15) is 21.5 Å². The quantitative estimate of drug-likeness (QED) is 0.750. The number of rotatable bonds is 8. The highest BCUT2D eigenvalue weighted by Crippen LogP contribution is 2.19. The molecule has 0 saturated heterocycles. The number of anilines is 1. The Morgan fingerprint density at radius 1 is 1.07 bits per heavy atom. The van der Waals surface area contributed by atoms with Gasteiger partial charge in [0.1, 0.15) is 5.75 Å². The van der Waals surface area contributed by atoms with Crippen LogP contribution < -0.4 is 15.4 Å². The van der Waals surface area contributed by atoms with E-state index in [0.29, 0.717) is 23.5 Å². The van der Waals surface area contributed by atoms with Gasteiger partial charge in [-0.15, -0.1) is 0 Å². The van der Waals surface area contributed by atoms with Gasteiger partial charge in [-0.25, -0.2) is 0 Å². The number of ether oxygens (including phenoxy) is 1. The predicted octanol–water partition coefficient (Wildman–Crippen LogP) is 2.61. The van der Waals surface area contributed by atoms with Crippen molar-refractivity contribution in [3.05, 3.63) is 59.2 Å². The number of carbonyl (C=O) groups is 2. The van der Waals surface area contributed by atoms with Crippen molar-refractivity contribution in [3.63, 3.8) is 0 Å². The van der Waals surface area contributed by atoms with Crippen LogP contribution in [-0.4, -0.2) is 50.5 Å². The van der Waals surface area contributed by atoms with Gasteiger partial charge in [-0.2, -0.15) is 0 Å². The fraction of sp³-hybridized carbons (Fsp3) is 0.333. The molecule has 2 aromatic carbocycles. The zero-order valence-electron chi connectivity index (χ0n) is 16.3. The number of hydrogen-bond donors (Lipinski definition) is 2. The molecule has 0 bridgehead atoms. The maximum Gasteiger partial charge on any atom is 0.262 e. The number of benzene rings is 2. The van der Waals surface area contributed by atoms with Crippen molar-refractivity contribution in [1.29, 1.82) is 0 Å². The first kappa shape index (κ1) is 20.5. The van der Waals surface area contributed by atoms with Gasteiger partial charge in [0.05, 0.1) is 0 Å². The molecule has 0 fully saturated rings. The largest absolute Gasteiger partial charge is 0.483 e. The zero-order chi connectivity index (χ0) is 19.8. The second kappa shape index (κ2) is 9.73. The molecule has 6 heteroatoms. The highest BCUT2D eigenvalue weighted by molar-refractivity contribution is 5.97. The van der Waals surface area contributed by atoms with E-state index in [1.807, 2.05) is 51.0 Å². The lowest BCUT2D eigenvalue weighted by atomic mass is 10.1. The van der Waals surface area contributed by atoms with Crippen LogP contribution in [0.2, 0.25) is 0 Å². The number of hydrogen-bond acceptors (Lipinski definition) is 4. The first-order chi connectivity index (χ1) is 12.8. The molecule has 0 unspecified atom stereocenters.